The summed E-state index contributed by atoms with van der Waals surface area (Å²) in [6, 6.07) is 0.171. The van der Waals surface area contributed by atoms with Gasteiger partial charge in [-0.15, -0.1) is 0 Å². The van der Waals surface area contributed by atoms with Crippen LogP contribution >= 0.6 is 0 Å². The maximum Gasteiger partial charge on any atom is 0.221 e. The molecule has 0 aromatic rings. The number of nitrogens with two attached hydrogens (primary N) is 2. The van der Waals surface area contributed by atoms with Crippen molar-refractivity contribution < 1.29 is 14.4 Å². The van der Waals surface area contributed by atoms with Crippen molar-refractivity contribution in [2.75, 3.05) is 0 Å². The molecule has 1 aliphatic carbocycles. The van der Waals surface area contributed by atoms with Crippen LogP contribution in [-0.4, -0.2) is 23.8 Å². The molecule has 0 heterocycles. The molecule has 0 aromatic carbocycles. The summed E-state index contributed by atoms with van der Waals surface area (Å²) in [4.78, 5) is 34.5. The average molecular weight is 396 g/mol. The van der Waals surface area contributed by atoms with E-state index in [1.54, 1.807) is 0 Å². The van der Waals surface area contributed by atoms with Gasteiger partial charge in [-0.2, -0.15) is 0 Å². The van der Waals surface area contributed by atoms with Crippen molar-refractivity contribution >= 4 is 17.7 Å². The second-order valence-corrected chi connectivity index (χ2v) is 8.52. The smallest absolute Gasteiger partial charge is 0.221 e. The molecular weight excluding hydrogens is 354 g/mol. The van der Waals surface area contributed by atoms with Crippen LogP contribution in [0.25, 0.3) is 0 Å². The molecule has 1 unspecified atom stereocenters. The first-order valence-corrected chi connectivity index (χ1v) is 11.3. The van der Waals surface area contributed by atoms with E-state index in [2.05, 4.69) is 12.2 Å². The lowest BCUT2D eigenvalue weighted by Gasteiger charge is -2.29. The van der Waals surface area contributed by atoms with Gasteiger partial charge < -0.3 is 16.8 Å². The van der Waals surface area contributed by atoms with E-state index in [9.17, 15) is 14.4 Å². The SMILES string of the molecule is CCCCCCCCCCC1CCC(NC(=O)CC(CC(N)=O)C(N)=O)CC1. The average Bonchev–Trinajstić information content (AvgIpc) is 2.64. The number of primary amides is 2. The maximum atomic E-state index is 12.2. The van der Waals surface area contributed by atoms with Gasteiger partial charge in [0.15, 0.2) is 0 Å². The highest BCUT2D eigenvalue weighted by Crippen LogP contribution is 2.29. The van der Waals surface area contributed by atoms with Gasteiger partial charge in [0.1, 0.15) is 0 Å². The molecule has 0 aliphatic heterocycles. The Labute approximate surface area is 170 Å². The van der Waals surface area contributed by atoms with E-state index in [4.69, 9.17) is 11.5 Å². The number of carbonyl (C=O) groups excluding carboxylic acids is 3. The van der Waals surface area contributed by atoms with E-state index in [-0.39, 0.29) is 24.8 Å². The van der Waals surface area contributed by atoms with Crippen molar-refractivity contribution in [1.82, 2.24) is 5.32 Å². The molecule has 0 saturated heterocycles. The van der Waals surface area contributed by atoms with Gasteiger partial charge in [-0.25, -0.2) is 0 Å². The lowest BCUT2D eigenvalue weighted by atomic mass is 9.83. The largest absolute Gasteiger partial charge is 0.370 e. The highest BCUT2D eigenvalue weighted by molar-refractivity contribution is 5.88. The summed E-state index contributed by atoms with van der Waals surface area (Å²) in [5.74, 6) is -1.50. The molecule has 3 amide bonds. The van der Waals surface area contributed by atoms with Crippen molar-refractivity contribution in [3.8, 4) is 0 Å². The van der Waals surface area contributed by atoms with Crippen LogP contribution in [0, 0.1) is 11.8 Å². The first kappa shape index (κ1) is 24.4. The summed E-state index contributed by atoms with van der Waals surface area (Å²) >= 11 is 0. The van der Waals surface area contributed by atoms with Gasteiger partial charge in [-0.3, -0.25) is 14.4 Å². The van der Waals surface area contributed by atoms with Crippen LogP contribution in [0.3, 0.4) is 0 Å². The Morgan fingerprint density at radius 1 is 0.857 bits per heavy atom. The molecule has 1 saturated carbocycles. The van der Waals surface area contributed by atoms with Gasteiger partial charge in [0.2, 0.25) is 17.7 Å². The van der Waals surface area contributed by atoms with Crippen LogP contribution in [0.4, 0.5) is 0 Å². The summed E-state index contributed by atoms with van der Waals surface area (Å²) in [6.07, 6.45) is 16.2. The second kappa shape index (κ2) is 14.4. The fourth-order valence-electron chi connectivity index (χ4n) is 4.19. The van der Waals surface area contributed by atoms with Crippen molar-refractivity contribution in [3.05, 3.63) is 0 Å². The molecule has 1 aliphatic rings. The third-order valence-electron chi connectivity index (χ3n) is 5.96. The van der Waals surface area contributed by atoms with Crippen molar-refractivity contribution in [2.24, 2.45) is 23.3 Å². The predicted octanol–water partition coefficient (Wildman–Crippen LogP) is 3.56. The van der Waals surface area contributed by atoms with Gasteiger partial charge in [0.05, 0.1) is 5.92 Å². The van der Waals surface area contributed by atoms with Crippen molar-refractivity contribution in [2.45, 2.75) is 109 Å². The fourth-order valence-corrected chi connectivity index (χ4v) is 4.19. The van der Waals surface area contributed by atoms with Crippen LogP contribution in [0.2, 0.25) is 0 Å². The minimum atomic E-state index is -0.809. The van der Waals surface area contributed by atoms with Crippen LogP contribution in [0.5, 0.6) is 0 Å². The van der Waals surface area contributed by atoms with Gasteiger partial charge in [-0.05, 0) is 31.6 Å². The van der Waals surface area contributed by atoms with Gasteiger partial charge in [0.25, 0.3) is 0 Å². The van der Waals surface area contributed by atoms with E-state index in [1.807, 2.05) is 0 Å². The fraction of sp³-hybridized carbons (Fsp3) is 0.864. The molecule has 1 fully saturated rings. The third-order valence-corrected chi connectivity index (χ3v) is 5.96. The number of hydrogen-bond donors (Lipinski definition) is 3. The normalized spacial score (nSPS) is 20.5. The molecule has 1 rings (SSSR count). The Morgan fingerprint density at radius 3 is 1.96 bits per heavy atom. The zero-order valence-corrected chi connectivity index (χ0v) is 17.7. The molecule has 28 heavy (non-hydrogen) atoms. The first-order valence-electron chi connectivity index (χ1n) is 11.3. The van der Waals surface area contributed by atoms with E-state index in [0.29, 0.717) is 0 Å². The lowest BCUT2D eigenvalue weighted by molar-refractivity contribution is -0.131. The molecule has 0 radical (unpaired) electrons. The number of rotatable bonds is 15. The number of nitrogens with one attached hydrogen (secondary N) is 1. The Hall–Kier alpha value is -1.59. The molecule has 0 bridgehead atoms. The molecule has 162 valence electrons. The lowest BCUT2D eigenvalue weighted by Crippen LogP contribution is -2.40. The van der Waals surface area contributed by atoms with Gasteiger partial charge in [-0.1, -0.05) is 64.7 Å². The summed E-state index contributed by atoms with van der Waals surface area (Å²) in [5.41, 5.74) is 10.4. The quantitative estimate of drug-likeness (QED) is 0.368. The standard InChI is InChI=1S/C22H41N3O3/c1-2-3-4-5-6-7-8-9-10-17-11-13-19(14-12-17)25-21(27)16-18(22(24)28)15-20(23)26/h17-19H,2-16H2,1H3,(H2,23,26)(H2,24,28)(H,25,27). The Bertz CT molecular complexity index is 474. The molecule has 5 N–H and O–H groups in total. The minimum absolute atomic E-state index is 0.0591. The first-order chi connectivity index (χ1) is 13.4. The van der Waals surface area contributed by atoms with Gasteiger partial charge >= 0.3 is 0 Å². The Morgan fingerprint density at radius 2 is 1.43 bits per heavy atom. The van der Waals surface area contributed by atoms with Crippen LogP contribution < -0.4 is 16.8 Å². The summed E-state index contributed by atoms with van der Waals surface area (Å²) in [6.45, 7) is 2.25. The third kappa shape index (κ3) is 11.3. The molecular formula is C22H41N3O3. The number of amides is 3. The second-order valence-electron chi connectivity index (χ2n) is 8.52. The summed E-state index contributed by atoms with van der Waals surface area (Å²) in [7, 11) is 0. The molecule has 6 nitrogen and oxygen atoms in total. The molecule has 0 spiro atoms. The Kier molecular flexibility index (Phi) is 12.6. The monoisotopic (exact) mass is 395 g/mol. The van der Waals surface area contributed by atoms with Crippen LogP contribution in [-0.2, 0) is 14.4 Å². The maximum absolute atomic E-state index is 12.2. The molecule has 0 aromatic heterocycles. The van der Waals surface area contributed by atoms with Gasteiger partial charge in [0, 0.05) is 18.9 Å². The van der Waals surface area contributed by atoms with Crippen LogP contribution in [0.15, 0.2) is 0 Å². The molecule has 1 atom stereocenters. The number of carbonyl (C=O) groups is 3. The van der Waals surface area contributed by atoms with E-state index >= 15 is 0 Å². The predicted molar refractivity (Wildman–Crippen MR) is 112 cm³/mol. The topological polar surface area (TPSA) is 115 Å². The number of unbranched alkanes of at least 4 members (excludes halogenated alkanes) is 7. The van der Waals surface area contributed by atoms with E-state index < -0.39 is 17.7 Å². The van der Waals surface area contributed by atoms with Crippen LogP contribution in [0.1, 0.15) is 103 Å². The zero-order chi connectivity index (χ0) is 20.8. The Balaban J connectivity index is 2.13. The highest BCUT2D eigenvalue weighted by Gasteiger charge is 2.25. The minimum Gasteiger partial charge on any atom is -0.370 e. The highest BCUT2D eigenvalue weighted by atomic mass is 16.2. The molecule has 6 heteroatoms. The van der Waals surface area contributed by atoms with E-state index in [1.165, 1.54) is 57.8 Å². The van der Waals surface area contributed by atoms with Crippen molar-refractivity contribution in [3.63, 3.8) is 0 Å². The number of hydrogen-bond acceptors (Lipinski definition) is 3. The summed E-state index contributed by atoms with van der Waals surface area (Å²) in [5, 5.41) is 3.00. The van der Waals surface area contributed by atoms with Crippen molar-refractivity contribution in [1.29, 1.82) is 0 Å². The summed E-state index contributed by atoms with van der Waals surface area (Å²) < 4.78 is 0. The zero-order valence-electron chi connectivity index (χ0n) is 17.7. The van der Waals surface area contributed by atoms with E-state index in [0.717, 1.165) is 31.6 Å².